The third-order valence-electron chi connectivity index (χ3n) is 3.73. The summed E-state index contributed by atoms with van der Waals surface area (Å²) in [5.74, 6) is 1.74. The largest absolute Gasteiger partial charge is 0.495 e. The van der Waals surface area contributed by atoms with Crippen LogP contribution in [0.5, 0.6) is 5.75 Å². The van der Waals surface area contributed by atoms with Crippen molar-refractivity contribution in [2.75, 3.05) is 25.5 Å². The summed E-state index contributed by atoms with van der Waals surface area (Å²) in [4.78, 5) is 22.9. The van der Waals surface area contributed by atoms with Gasteiger partial charge in [0.05, 0.1) is 12.8 Å². The van der Waals surface area contributed by atoms with Crippen molar-refractivity contribution < 1.29 is 9.53 Å². The SMILES string of the molecule is CCN(CC)C(=O)c1cc(Nc2cc(C)ccc2OC)nc(C)n1. The predicted octanol–water partition coefficient (Wildman–Crippen LogP) is 3.33. The van der Waals surface area contributed by atoms with Gasteiger partial charge < -0.3 is 15.0 Å². The highest BCUT2D eigenvalue weighted by atomic mass is 16.5. The fourth-order valence-electron chi connectivity index (χ4n) is 2.47. The number of aromatic nitrogens is 2. The molecule has 2 aromatic rings. The van der Waals surface area contributed by atoms with Crippen molar-refractivity contribution in [3.05, 3.63) is 41.3 Å². The van der Waals surface area contributed by atoms with Gasteiger partial charge in [-0.3, -0.25) is 4.79 Å². The lowest BCUT2D eigenvalue weighted by atomic mass is 10.2. The quantitative estimate of drug-likeness (QED) is 0.881. The third kappa shape index (κ3) is 4.01. The molecule has 0 atom stereocenters. The van der Waals surface area contributed by atoms with Crippen molar-refractivity contribution in [2.24, 2.45) is 0 Å². The number of carbonyl (C=O) groups is 1. The second kappa shape index (κ2) is 7.77. The van der Waals surface area contributed by atoms with Crippen LogP contribution in [-0.4, -0.2) is 41.0 Å². The molecule has 2 rings (SSSR count). The van der Waals surface area contributed by atoms with Crippen molar-refractivity contribution in [1.82, 2.24) is 14.9 Å². The molecule has 0 saturated heterocycles. The average Bonchev–Trinajstić information content (AvgIpc) is 2.55. The van der Waals surface area contributed by atoms with Crippen LogP contribution in [0.25, 0.3) is 0 Å². The zero-order valence-corrected chi connectivity index (χ0v) is 14.9. The normalized spacial score (nSPS) is 10.4. The lowest BCUT2D eigenvalue weighted by molar-refractivity contribution is 0.0766. The van der Waals surface area contributed by atoms with Crippen LogP contribution in [0.4, 0.5) is 11.5 Å². The molecule has 1 aromatic carbocycles. The number of amides is 1. The molecule has 0 spiro atoms. The van der Waals surface area contributed by atoms with Crippen LogP contribution in [0.3, 0.4) is 0 Å². The molecule has 0 saturated carbocycles. The summed E-state index contributed by atoms with van der Waals surface area (Å²) in [6.45, 7) is 8.97. The van der Waals surface area contributed by atoms with E-state index >= 15 is 0 Å². The molecule has 6 nitrogen and oxygen atoms in total. The van der Waals surface area contributed by atoms with Gasteiger partial charge in [0.1, 0.15) is 23.1 Å². The maximum Gasteiger partial charge on any atom is 0.272 e. The highest BCUT2D eigenvalue weighted by molar-refractivity contribution is 5.93. The van der Waals surface area contributed by atoms with Gasteiger partial charge >= 0.3 is 0 Å². The fraction of sp³-hybridized carbons (Fsp3) is 0.389. The molecule has 0 radical (unpaired) electrons. The fourth-order valence-corrected chi connectivity index (χ4v) is 2.47. The van der Waals surface area contributed by atoms with Crippen LogP contribution in [0, 0.1) is 13.8 Å². The van der Waals surface area contributed by atoms with Gasteiger partial charge in [0.15, 0.2) is 0 Å². The van der Waals surface area contributed by atoms with E-state index in [9.17, 15) is 4.79 Å². The summed E-state index contributed by atoms with van der Waals surface area (Å²) in [6.07, 6.45) is 0. The summed E-state index contributed by atoms with van der Waals surface area (Å²) in [5, 5.41) is 3.23. The number of ether oxygens (including phenoxy) is 1. The Bertz CT molecular complexity index is 727. The van der Waals surface area contributed by atoms with Crippen molar-refractivity contribution >= 4 is 17.4 Å². The van der Waals surface area contributed by atoms with E-state index in [1.165, 1.54) is 0 Å². The summed E-state index contributed by atoms with van der Waals surface area (Å²) < 4.78 is 5.37. The monoisotopic (exact) mass is 328 g/mol. The Balaban J connectivity index is 2.35. The molecule has 128 valence electrons. The van der Waals surface area contributed by atoms with Crippen LogP contribution >= 0.6 is 0 Å². The van der Waals surface area contributed by atoms with E-state index in [0.29, 0.717) is 36.2 Å². The molecular formula is C18H24N4O2. The van der Waals surface area contributed by atoms with Gasteiger partial charge in [-0.1, -0.05) is 6.07 Å². The number of anilines is 2. The Labute approximate surface area is 142 Å². The maximum absolute atomic E-state index is 12.5. The van der Waals surface area contributed by atoms with Gasteiger partial charge in [0.25, 0.3) is 5.91 Å². The van der Waals surface area contributed by atoms with Gasteiger partial charge in [0, 0.05) is 19.2 Å². The molecule has 0 aliphatic carbocycles. The van der Waals surface area contributed by atoms with E-state index in [4.69, 9.17) is 4.74 Å². The molecule has 1 N–H and O–H groups in total. The number of nitrogens with zero attached hydrogens (tertiary/aromatic N) is 3. The molecule has 1 amide bonds. The number of nitrogens with one attached hydrogen (secondary N) is 1. The van der Waals surface area contributed by atoms with Gasteiger partial charge in [0.2, 0.25) is 0 Å². The van der Waals surface area contributed by atoms with E-state index in [1.54, 1.807) is 25.0 Å². The first kappa shape index (κ1) is 17.7. The van der Waals surface area contributed by atoms with Gasteiger partial charge in [-0.2, -0.15) is 0 Å². The molecule has 0 unspecified atom stereocenters. The summed E-state index contributed by atoms with van der Waals surface area (Å²) in [5.41, 5.74) is 2.29. The van der Waals surface area contributed by atoms with Crippen molar-refractivity contribution in [3.63, 3.8) is 0 Å². The second-order valence-corrected chi connectivity index (χ2v) is 5.49. The number of rotatable bonds is 6. The number of hydrogen-bond acceptors (Lipinski definition) is 5. The number of hydrogen-bond donors (Lipinski definition) is 1. The smallest absolute Gasteiger partial charge is 0.272 e. The Morgan fingerprint density at radius 2 is 1.88 bits per heavy atom. The van der Waals surface area contributed by atoms with Crippen LogP contribution in [0.2, 0.25) is 0 Å². The standard InChI is InChI=1S/C18H24N4O2/c1-6-22(7-2)18(23)15-11-17(20-13(4)19-15)21-14-10-12(3)8-9-16(14)24-5/h8-11H,6-7H2,1-5H3,(H,19,20,21). The third-order valence-corrected chi connectivity index (χ3v) is 3.73. The molecule has 1 aromatic heterocycles. The maximum atomic E-state index is 12.5. The molecule has 0 bridgehead atoms. The number of aryl methyl sites for hydroxylation is 2. The van der Waals surface area contributed by atoms with E-state index in [-0.39, 0.29) is 5.91 Å². The lowest BCUT2D eigenvalue weighted by Gasteiger charge is -2.18. The zero-order chi connectivity index (χ0) is 17.7. The average molecular weight is 328 g/mol. The molecule has 1 heterocycles. The van der Waals surface area contributed by atoms with Crippen molar-refractivity contribution in [2.45, 2.75) is 27.7 Å². The summed E-state index contributed by atoms with van der Waals surface area (Å²) in [7, 11) is 1.62. The van der Waals surface area contributed by atoms with Gasteiger partial charge in [-0.05, 0) is 45.4 Å². The topological polar surface area (TPSA) is 67.4 Å². The number of benzene rings is 1. The highest BCUT2D eigenvalue weighted by Gasteiger charge is 2.16. The van der Waals surface area contributed by atoms with Crippen LogP contribution in [0.15, 0.2) is 24.3 Å². The second-order valence-electron chi connectivity index (χ2n) is 5.49. The minimum Gasteiger partial charge on any atom is -0.495 e. The molecule has 0 fully saturated rings. The molecule has 24 heavy (non-hydrogen) atoms. The first-order valence-electron chi connectivity index (χ1n) is 8.05. The number of methoxy groups -OCH3 is 1. The minimum absolute atomic E-state index is 0.0928. The van der Waals surface area contributed by atoms with Crippen molar-refractivity contribution in [3.8, 4) is 5.75 Å². The predicted molar refractivity (Wildman–Crippen MR) is 95.0 cm³/mol. The summed E-state index contributed by atoms with van der Waals surface area (Å²) in [6, 6.07) is 7.52. The molecule has 0 aliphatic heterocycles. The first-order valence-corrected chi connectivity index (χ1v) is 8.05. The first-order chi connectivity index (χ1) is 11.5. The van der Waals surface area contributed by atoms with Crippen LogP contribution in [0.1, 0.15) is 35.7 Å². The van der Waals surface area contributed by atoms with Crippen LogP contribution in [-0.2, 0) is 0 Å². The molecule has 0 aliphatic rings. The number of carbonyl (C=O) groups excluding carboxylic acids is 1. The molecule has 6 heteroatoms. The summed E-state index contributed by atoms with van der Waals surface area (Å²) >= 11 is 0. The lowest BCUT2D eigenvalue weighted by Crippen LogP contribution is -2.31. The Morgan fingerprint density at radius 1 is 1.17 bits per heavy atom. The van der Waals surface area contributed by atoms with Gasteiger partial charge in [-0.15, -0.1) is 0 Å². The van der Waals surface area contributed by atoms with E-state index < -0.39 is 0 Å². The Hall–Kier alpha value is -2.63. The van der Waals surface area contributed by atoms with E-state index in [2.05, 4.69) is 15.3 Å². The zero-order valence-electron chi connectivity index (χ0n) is 14.9. The van der Waals surface area contributed by atoms with Gasteiger partial charge in [-0.25, -0.2) is 9.97 Å². The van der Waals surface area contributed by atoms with E-state index in [1.807, 2.05) is 39.0 Å². The van der Waals surface area contributed by atoms with Crippen molar-refractivity contribution in [1.29, 1.82) is 0 Å². The minimum atomic E-state index is -0.0928. The van der Waals surface area contributed by atoms with E-state index in [0.717, 1.165) is 11.3 Å². The Morgan fingerprint density at radius 3 is 2.50 bits per heavy atom. The Kier molecular flexibility index (Phi) is 5.73. The molecular weight excluding hydrogens is 304 g/mol. The van der Waals surface area contributed by atoms with Crippen LogP contribution < -0.4 is 10.1 Å². The highest BCUT2D eigenvalue weighted by Crippen LogP contribution is 2.28.